The first kappa shape index (κ1) is 17.8. The number of fused-ring (bicyclic) bond motifs is 1. The highest BCUT2D eigenvalue weighted by atomic mass is 35.5. The van der Waals surface area contributed by atoms with Crippen LogP contribution >= 0.6 is 11.6 Å². The summed E-state index contributed by atoms with van der Waals surface area (Å²) in [4.78, 5) is 13.8. The molecule has 0 radical (unpaired) electrons. The molecule has 0 bridgehead atoms. The lowest BCUT2D eigenvalue weighted by molar-refractivity contribution is 0.104. The summed E-state index contributed by atoms with van der Waals surface area (Å²) in [6.45, 7) is 2.91. The first-order chi connectivity index (χ1) is 12.1. The van der Waals surface area contributed by atoms with Crippen molar-refractivity contribution in [2.24, 2.45) is 0 Å². The lowest BCUT2D eigenvalue weighted by Crippen LogP contribution is -2.32. The third kappa shape index (κ3) is 3.97. The van der Waals surface area contributed by atoms with Crippen molar-refractivity contribution in [3.8, 4) is 5.75 Å². The van der Waals surface area contributed by atoms with E-state index in [4.69, 9.17) is 21.1 Å². The van der Waals surface area contributed by atoms with Crippen LogP contribution in [0.1, 0.15) is 29.5 Å². The number of carbonyl (C=O) groups is 1. The average molecular weight is 360 g/mol. The van der Waals surface area contributed by atoms with Gasteiger partial charge in [-0.25, -0.2) is 4.79 Å². The number of carbonyl (C=O) groups excluding carboxylic acids is 1. The maximum Gasteiger partial charge on any atom is 0.513 e. The van der Waals surface area contributed by atoms with Gasteiger partial charge < -0.3 is 9.47 Å². The Bertz CT molecular complexity index is 735. The van der Waals surface area contributed by atoms with Gasteiger partial charge in [-0.1, -0.05) is 36.4 Å². The van der Waals surface area contributed by atoms with Crippen molar-refractivity contribution in [2.75, 3.05) is 20.2 Å². The van der Waals surface area contributed by atoms with Crippen molar-refractivity contribution < 1.29 is 14.3 Å². The second-order valence-corrected chi connectivity index (χ2v) is 6.58. The van der Waals surface area contributed by atoms with E-state index in [2.05, 4.69) is 17.0 Å². The molecule has 1 aliphatic heterocycles. The average Bonchev–Trinajstić information content (AvgIpc) is 2.73. The van der Waals surface area contributed by atoms with E-state index in [1.807, 2.05) is 43.4 Å². The molecule has 0 amide bonds. The molecule has 2 aromatic carbocycles. The van der Waals surface area contributed by atoms with Gasteiger partial charge in [0.15, 0.2) is 0 Å². The quantitative estimate of drug-likeness (QED) is 0.352. The summed E-state index contributed by atoms with van der Waals surface area (Å²) in [5, 5.41) is 0. The Labute approximate surface area is 153 Å². The van der Waals surface area contributed by atoms with E-state index in [0.717, 1.165) is 24.1 Å². The number of halogens is 1. The maximum absolute atomic E-state index is 11.6. The molecule has 0 saturated heterocycles. The maximum atomic E-state index is 11.6. The van der Waals surface area contributed by atoms with Crippen molar-refractivity contribution in [3.05, 3.63) is 65.2 Å². The first-order valence-electron chi connectivity index (χ1n) is 8.47. The molecule has 3 rings (SSSR count). The van der Waals surface area contributed by atoms with Crippen LogP contribution in [0, 0.1) is 0 Å². The van der Waals surface area contributed by atoms with Gasteiger partial charge in [0.05, 0.1) is 12.1 Å². The number of benzene rings is 2. The summed E-state index contributed by atoms with van der Waals surface area (Å²) in [5.74, 6) is 0.475. The number of hydrogen-bond donors (Lipinski definition) is 0. The van der Waals surface area contributed by atoms with Gasteiger partial charge in [-0.05, 0) is 49.2 Å². The molecule has 0 spiro atoms. The normalized spacial score (nSPS) is 20.4. The highest BCUT2D eigenvalue weighted by Crippen LogP contribution is 2.38. The zero-order chi connectivity index (χ0) is 17.8. The topological polar surface area (TPSA) is 38.8 Å². The van der Waals surface area contributed by atoms with E-state index >= 15 is 0 Å². The molecular weight excluding hydrogens is 338 g/mol. The van der Waals surface area contributed by atoms with Gasteiger partial charge in [0.1, 0.15) is 5.75 Å². The van der Waals surface area contributed by atoms with Crippen molar-refractivity contribution in [3.63, 3.8) is 0 Å². The Balaban J connectivity index is 2.01. The first-order valence-corrected chi connectivity index (χ1v) is 8.90. The Morgan fingerprint density at radius 2 is 2.00 bits per heavy atom. The third-order valence-electron chi connectivity index (χ3n) is 4.50. The van der Waals surface area contributed by atoms with Crippen molar-refractivity contribution in [1.29, 1.82) is 0 Å². The van der Waals surface area contributed by atoms with Crippen molar-refractivity contribution >= 4 is 17.8 Å². The van der Waals surface area contributed by atoms with E-state index < -0.39 is 6.16 Å². The van der Waals surface area contributed by atoms with E-state index in [1.54, 1.807) is 6.92 Å². The lowest BCUT2D eigenvalue weighted by Gasteiger charge is -2.28. The van der Waals surface area contributed by atoms with Crippen LogP contribution < -0.4 is 4.74 Å². The van der Waals surface area contributed by atoms with Crippen LogP contribution in [-0.4, -0.2) is 36.8 Å². The lowest BCUT2D eigenvalue weighted by atomic mass is 9.87. The molecule has 132 valence electrons. The molecular formula is C20H22ClNO3. The standard InChI is InChI=1S/C20H22ClNO3/c1-3-24-20(23)25-16-10-9-14-11-12-22(2)19(21)18(17(14)13-16)15-7-5-4-6-8-15/h4-10,13,18-19H,3,11-12H2,1-2H3. The molecule has 0 N–H and O–H groups in total. The fraction of sp³-hybridized carbons (Fsp3) is 0.350. The second kappa shape index (κ2) is 7.89. The minimum atomic E-state index is -0.688. The Hall–Kier alpha value is -2.04. The summed E-state index contributed by atoms with van der Waals surface area (Å²) in [6.07, 6.45) is 0.213. The Morgan fingerprint density at radius 1 is 1.24 bits per heavy atom. The number of hydrogen-bond acceptors (Lipinski definition) is 4. The fourth-order valence-electron chi connectivity index (χ4n) is 3.22. The van der Waals surface area contributed by atoms with Crippen LogP contribution in [0.3, 0.4) is 0 Å². The van der Waals surface area contributed by atoms with Gasteiger partial charge in [-0.15, -0.1) is 11.6 Å². The summed E-state index contributed by atoms with van der Waals surface area (Å²) in [5.41, 5.74) is 3.28. The van der Waals surface area contributed by atoms with Gasteiger partial charge in [-0.3, -0.25) is 4.90 Å². The van der Waals surface area contributed by atoms with Crippen LogP contribution in [0.5, 0.6) is 5.75 Å². The molecule has 0 aromatic heterocycles. The summed E-state index contributed by atoms with van der Waals surface area (Å²) in [7, 11) is 2.04. The molecule has 0 saturated carbocycles. The predicted octanol–water partition coefficient (Wildman–Crippen LogP) is 4.41. The van der Waals surface area contributed by atoms with Gasteiger partial charge >= 0.3 is 6.16 Å². The van der Waals surface area contributed by atoms with Crippen LogP contribution in [0.15, 0.2) is 48.5 Å². The molecule has 25 heavy (non-hydrogen) atoms. The molecule has 5 heteroatoms. The Morgan fingerprint density at radius 3 is 2.72 bits per heavy atom. The monoisotopic (exact) mass is 359 g/mol. The highest BCUT2D eigenvalue weighted by Gasteiger charge is 2.31. The van der Waals surface area contributed by atoms with Gasteiger partial charge in [0.25, 0.3) is 0 Å². The van der Waals surface area contributed by atoms with Crippen LogP contribution in [-0.2, 0) is 11.2 Å². The van der Waals surface area contributed by atoms with E-state index in [-0.39, 0.29) is 18.0 Å². The number of rotatable bonds is 3. The van der Waals surface area contributed by atoms with Gasteiger partial charge in [0, 0.05) is 12.5 Å². The minimum Gasteiger partial charge on any atom is -0.434 e. The number of likely N-dealkylation sites (N-methyl/N-ethyl adjacent to an activating group) is 1. The largest absolute Gasteiger partial charge is 0.513 e. The molecule has 0 fully saturated rings. The SMILES string of the molecule is CCOC(=O)Oc1ccc2c(c1)C(c1ccccc1)C(Cl)N(C)CC2. The molecule has 1 aliphatic rings. The number of nitrogens with zero attached hydrogens (tertiary/aromatic N) is 1. The number of ether oxygens (including phenoxy) is 2. The van der Waals surface area contributed by atoms with E-state index in [1.165, 1.54) is 5.56 Å². The third-order valence-corrected chi connectivity index (χ3v) is 5.09. The predicted molar refractivity (Wildman–Crippen MR) is 98.4 cm³/mol. The molecule has 1 heterocycles. The molecule has 4 nitrogen and oxygen atoms in total. The Kier molecular flexibility index (Phi) is 5.61. The second-order valence-electron chi connectivity index (χ2n) is 6.14. The van der Waals surface area contributed by atoms with Gasteiger partial charge in [0.2, 0.25) is 0 Å². The van der Waals surface area contributed by atoms with Crippen LogP contribution in [0.25, 0.3) is 0 Å². The van der Waals surface area contributed by atoms with Crippen molar-refractivity contribution in [1.82, 2.24) is 4.90 Å². The molecule has 2 atom stereocenters. The van der Waals surface area contributed by atoms with E-state index in [9.17, 15) is 4.79 Å². The molecule has 2 aromatic rings. The minimum absolute atomic E-state index is 0.00360. The molecule has 0 aliphatic carbocycles. The zero-order valence-corrected chi connectivity index (χ0v) is 15.2. The summed E-state index contributed by atoms with van der Waals surface area (Å²) >= 11 is 6.80. The number of alkyl halides is 1. The van der Waals surface area contributed by atoms with Crippen molar-refractivity contribution in [2.45, 2.75) is 24.8 Å². The van der Waals surface area contributed by atoms with Gasteiger partial charge in [-0.2, -0.15) is 0 Å². The smallest absolute Gasteiger partial charge is 0.434 e. The highest BCUT2D eigenvalue weighted by molar-refractivity contribution is 6.21. The van der Waals surface area contributed by atoms with E-state index in [0.29, 0.717) is 5.75 Å². The molecule has 2 unspecified atom stereocenters. The van der Waals surface area contributed by atoms with Crippen LogP contribution in [0.2, 0.25) is 0 Å². The van der Waals surface area contributed by atoms with Crippen LogP contribution in [0.4, 0.5) is 4.79 Å². The zero-order valence-electron chi connectivity index (χ0n) is 14.4. The fourth-order valence-corrected chi connectivity index (χ4v) is 3.60. The summed E-state index contributed by atoms with van der Waals surface area (Å²) in [6, 6.07) is 15.9. The summed E-state index contributed by atoms with van der Waals surface area (Å²) < 4.78 is 10.2.